The van der Waals surface area contributed by atoms with Gasteiger partial charge in [0.05, 0.1) is 22.8 Å². The second-order valence-corrected chi connectivity index (χ2v) is 10.3. The average Bonchev–Trinajstić information content (AvgIpc) is 3.36. The van der Waals surface area contributed by atoms with Crippen LogP contribution in [0.4, 0.5) is 11.4 Å². The summed E-state index contributed by atoms with van der Waals surface area (Å²) in [6.45, 7) is 3.69. The maximum absolute atomic E-state index is 12.7. The summed E-state index contributed by atoms with van der Waals surface area (Å²) in [5.41, 5.74) is 3.70. The summed E-state index contributed by atoms with van der Waals surface area (Å²) in [7, 11) is -2.54. The highest BCUT2D eigenvalue weighted by molar-refractivity contribution is 8.24. The number of carbonyl (C=O) groups excluding carboxylic acids is 2. The quantitative estimate of drug-likeness (QED) is 0.488. The fourth-order valence-corrected chi connectivity index (χ4v) is 5.73. The first-order valence-electron chi connectivity index (χ1n) is 9.89. The number of aromatic nitrogens is 1. The van der Waals surface area contributed by atoms with E-state index in [1.165, 1.54) is 0 Å². The van der Waals surface area contributed by atoms with E-state index in [0.29, 0.717) is 42.2 Å². The van der Waals surface area contributed by atoms with E-state index in [-0.39, 0.29) is 23.6 Å². The van der Waals surface area contributed by atoms with E-state index in [1.807, 2.05) is 32.0 Å². The lowest BCUT2D eigenvalue weighted by Gasteiger charge is -2.26. The van der Waals surface area contributed by atoms with Crippen molar-refractivity contribution in [3.05, 3.63) is 29.7 Å². The van der Waals surface area contributed by atoms with Gasteiger partial charge in [-0.05, 0) is 44.4 Å². The molecule has 2 amide bonds. The van der Waals surface area contributed by atoms with E-state index in [2.05, 4.69) is 21.1 Å². The van der Waals surface area contributed by atoms with Crippen molar-refractivity contribution in [2.75, 3.05) is 22.1 Å². The van der Waals surface area contributed by atoms with Gasteiger partial charge < -0.3 is 20.5 Å². The number of amides is 2. The van der Waals surface area contributed by atoms with Gasteiger partial charge in [0.15, 0.2) is 0 Å². The van der Waals surface area contributed by atoms with Crippen molar-refractivity contribution in [3.8, 4) is 11.1 Å². The Morgan fingerprint density at radius 1 is 1.27 bits per heavy atom. The summed E-state index contributed by atoms with van der Waals surface area (Å²) < 4.78 is 25.1. The average molecular weight is 435 g/mol. The Kier molecular flexibility index (Phi) is 5.48. The summed E-state index contributed by atoms with van der Waals surface area (Å²) in [6, 6.07) is 4.95. The third-order valence-electron chi connectivity index (χ3n) is 5.53. The molecule has 2 unspecified atom stereocenters. The van der Waals surface area contributed by atoms with Gasteiger partial charge in [0.1, 0.15) is 11.8 Å². The lowest BCUT2D eigenvalue weighted by atomic mass is 10.0. The van der Waals surface area contributed by atoms with Gasteiger partial charge in [0, 0.05) is 23.8 Å². The highest BCUT2D eigenvalue weighted by atomic mass is 32.3. The van der Waals surface area contributed by atoms with Crippen LogP contribution >= 0.6 is 10.6 Å². The number of aryl methyl sites for hydroxylation is 2. The molecule has 162 valence electrons. The largest absolute Gasteiger partial charge is 0.379 e. The number of rotatable bonds is 5. The molecule has 30 heavy (non-hydrogen) atoms. The van der Waals surface area contributed by atoms with Crippen LogP contribution in [-0.4, -0.2) is 49.7 Å². The molecule has 2 aliphatic rings. The van der Waals surface area contributed by atoms with Crippen LogP contribution in [0.2, 0.25) is 0 Å². The molecule has 2 fully saturated rings. The fraction of sp³-hybridized carbons (Fsp3) is 0.450. The predicted octanol–water partition coefficient (Wildman–Crippen LogP) is 3.11. The van der Waals surface area contributed by atoms with Crippen molar-refractivity contribution < 1.29 is 23.2 Å². The molecule has 3 heterocycles. The van der Waals surface area contributed by atoms with E-state index in [0.717, 1.165) is 16.8 Å². The molecule has 1 aromatic heterocycles. The van der Waals surface area contributed by atoms with Crippen LogP contribution in [0.3, 0.4) is 0 Å². The van der Waals surface area contributed by atoms with Crippen molar-refractivity contribution >= 4 is 33.8 Å². The first kappa shape index (κ1) is 20.7. The second kappa shape index (κ2) is 7.93. The van der Waals surface area contributed by atoms with E-state index >= 15 is 0 Å². The molecular weight excluding hydrogens is 408 g/mol. The Hall–Kier alpha value is -2.56. The molecule has 0 spiro atoms. The van der Waals surface area contributed by atoms with E-state index in [4.69, 9.17) is 4.52 Å². The normalized spacial score (nSPS) is 23.8. The molecule has 9 nitrogen and oxygen atoms in total. The van der Waals surface area contributed by atoms with Gasteiger partial charge in [-0.25, -0.2) is 0 Å². The van der Waals surface area contributed by atoms with E-state index in [1.54, 1.807) is 0 Å². The van der Waals surface area contributed by atoms with Crippen LogP contribution in [-0.2, 0) is 9.59 Å². The highest BCUT2D eigenvalue weighted by Crippen LogP contribution is 2.46. The Morgan fingerprint density at radius 2 is 2.07 bits per heavy atom. The van der Waals surface area contributed by atoms with Crippen LogP contribution in [0, 0.1) is 13.8 Å². The van der Waals surface area contributed by atoms with Crippen molar-refractivity contribution in [3.63, 3.8) is 0 Å². The number of hydrogen-bond acceptors (Lipinski definition) is 7. The number of nitrogens with one attached hydrogen (secondary N) is 3. The number of hydrogen-bond donors (Lipinski definition) is 5. The summed E-state index contributed by atoms with van der Waals surface area (Å²) >= 11 is 0. The standard InChI is InChI=1S/C20H26N4O5S/c1-11-19(12(2)29-24-11)13-3-4-15(21-14-7-8-30(27,28)10-14)17(9-13)23-20(26)16-5-6-18(25)22-16/h3-4,9,14,16,21,27-28H,5-8,10H2,1-2H3,(H,22,25)(H,23,26). The molecule has 10 heteroatoms. The third kappa shape index (κ3) is 4.30. The Bertz CT molecular complexity index is 970. The topological polar surface area (TPSA) is 137 Å². The van der Waals surface area contributed by atoms with Gasteiger partial charge in [0.2, 0.25) is 11.8 Å². The fourth-order valence-electron chi connectivity index (χ4n) is 4.01. The van der Waals surface area contributed by atoms with Gasteiger partial charge in [-0.15, -0.1) is 0 Å². The first-order chi connectivity index (χ1) is 14.2. The Labute approximate surface area is 175 Å². The van der Waals surface area contributed by atoms with Gasteiger partial charge in [-0.3, -0.25) is 18.7 Å². The van der Waals surface area contributed by atoms with Crippen molar-refractivity contribution in [1.82, 2.24) is 10.5 Å². The van der Waals surface area contributed by atoms with E-state index < -0.39 is 16.6 Å². The number of nitrogens with zero attached hydrogens (tertiary/aromatic N) is 1. The van der Waals surface area contributed by atoms with E-state index in [9.17, 15) is 18.7 Å². The maximum Gasteiger partial charge on any atom is 0.247 e. The lowest BCUT2D eigenvalue weighted by Crippen LogP contribution is -2.37. The molecule has 0 saturated carbocycles. The van der Waals surface area contributed by atoms with Gasteiger partial charge in [-0.2, -0.15) is 10.6 Å². The SMILES string of the molecule is Cc1noc(C)c1-c1ccc(NC2CCS(O)(O)C2)c(NC(=O)C2CCC(=O)N2)c1. The van der Waals surface area contributed by atoms with Gasteiger partial charge in [0.25, 0.3) is 0 Å². The van der Waals surface area contributed by atoms with Crippen molar-refractivity contribution in [1.29, 1.82) is 0 Å². The van der Waals surface area contributed by atoms with Gasteiger partial charge in [-0.1, -0.05) is 11.2 Å². The minimum Gasteiger partial charge on any atom is -0.379 e. The van der Waals surface area contributed by atoms with Gasteiger partial charge >= 0.3 is 0 Å². The molecule has 4 rings (SSSR count). The highest BCUT2D eigenvalue weighted by Gasteiger charge is 2.30. The molecule has 1 aromatic carbocycles. The molecule has 2 aromatic rings. The molecule has 2 atom stereocenters. The molecule has 2 saturated heterocycles. The van der Waals surface area contributed by atoms with Crippen molar-refractivity contribution in [2.45, 2.75) is 45.2 Å². The molecule has 0 radical (unpaired) electrons. The molecular formula is C20H26N4O5S. The maximum atomic E-state index is 12.7. The summed E-state index contributed by atoms with van der Waals surface area (Å²) in [5.74, 6) is 0.922. The zero-order chi connectivity index (χ0) is 21.5. The summed E-state index contributed by atoms with van der Waals surface area (Å²) in [6.07, 6.45) is 1.43. The van der Waals surface area contributed by atoms with Crippen LogP contribution in [0.1, 0.15) is 30.7 Å². The van der Waals surface area contributed by atoms with Crippen LogP contribution in [0.15, 0.2) is 22.7 Å². The van der Waals surface area contributed by atoms with Crippen LogP contribution < -0.4 is 16.0 Å². The molecule has 0 aliphatic carbocycles. The first-order valence-corrected chi connectivity index (χ1v) is 11.8. The summed E-state index contributed by atoms with van der Waals surface area (Å²) in [4.78, 5) is 24.2. The van der Waals surface area contributed by atoms with Crippen LogP contribution in [0.5, 0.6) is 0 Å². The molecule has 0 bridgehead atoms. The minimum atomic E-state index is -2.54. The predicted molar refractivity (Wildman–Crippen MR) is 116 cm³/mol. The smallest absolute Gasteiger partial charge is 0.247 e. The monoisotopic (exact) mass is 434 g/mol. The zero-order valence-corrected chi connectivity index (χ0v) is 17.7. The zero-order valence-electron chi connectivity index (χ0n) is 16.9. The molecule has 2 aliphatic heterocycles. The lowest BCUT2D eigenvalue weighted by molar-refractivity contribution is -0.122. The Morgan fingerprint density at radius 3 is 2.67 bits per heavy atom. The van der Waals surface area contributed by atoms with Crippen LogP contribution in [0.25, 0.3) is 11.1 Å². The summed E-state index contributed by atoms with van der Waals surface area (Å²) in [5, 5.41) is 12.9. The number of benzene rings is 1. The van der Waals surface area contributed by atoms with Crippen molar-refractivity contribution in [2.24, 2.45) is 0 Å². The Balaban J connectivity index is 1.63. The minimum absolute atomic E-state index is 0.0956. The molecule has 5 N–H and O–H groups in total. The second-order valence-electron chi connectivity index (χ2n) is 7.91. The number of carbonyl (C=O) groups is 2. The number of anilines is 2. The third-order valence-corrected chi connectivity index (χ3v) is 7.36.